The maximum Gasteiger partial charge on any atom is 0.0492 e. The van der Waals surface area contributed by atoms with Crippen LogP contribution in [0.25, 0.3) is 0 Å². The number of aromatic nitrogens is 2. The summed E-state index contributed by atoms with van der Waals surface area (Å²) >= 11 is 6.35. The van der Waals surface area contributed by atoms with Crippen LogP contribution in [0.1, 0.15) is 64.0 Å². The molecule has 0 unspecified atom stereocenters. The molecule has 1 fully saturated rings. The lowest BCUT2D eigenvalue weighted by atomic mass is 9.68. The largest absolute Gasteiger partial charge is 0.273 e. The van der Waals surface area contributed by atoms with Gasteiger partial charge in [0.2, 0.25) is 0 Å². The van der Waals surface area contributed by atoms with Crippen molar-refractivity contribution in [3.05, 3.63) is 18.0 Å². The van der Waals surface area contributed by atoms with E-state index >= 15 is 0 Å². The minimum Gasteiger partial charge on any atom is -0.273 e. The maximum atomic E-state index is 6.35. The molecule has 0 amide bonds. The average Bonchev–Trinajstić information content (AvgIpc) is 2.89. The molecule has 2 rings (SSSR count). The Kier molecular flexibility index (Phi) is 5.95. The summed E-state index contributed by atoms with van der Waals surface area (Å²) < 4.78 is 1.99. The Balaban J connectivity index is 1.84. The van der Waals surface area contributed by atoms with Crippen LogP contribution < -0.4 is 0 Å². The normalized spacial score (nSPS) is 26.9. The lowest BCUT2D eigenvalue weighted by molar-refractivity contribution is 0.154. The summed E-state index contributed by atoms with van der Waals surface area (Å²) in [4.78, 5) is 0. The number of hydrogen-bond acceptors (Lipinski definition) is 1. The zero-order chi connectivity index (χ0) is 14.4. The standard InChI is InChI=1S/C17H29ClN2/c1-3-4-5-15-6-10-17(14-18,11-7-15)12-8-16-9-13-19-20(16)2/h9,13,15H,3-8,10-12,14H2,1-2H3. The van der Waals surface area contributed by atoms with Crippen LogP contribution in [0.15, 0.2) is 12.3 Å². The summed E-state index contributed by atoms with van der Waals surface area (Å²) in [6, 6.07) is 2.13. The Morgan fingerprint density at radius 2 is 2.15 bits per heavy atom. The van der Waals surface area contributed by atoms with E-state index in [0.29, 0.717) is 5.41 Å². The zero-order valence-electron chi connectivity index (χ0n) is 13.1. The molecule has 1 aromatic rings. The van der Waals surface area contributed by atoms with Gasteiger partial charge in [-0.3, -0.25) is 4.68 Å². The van der Waals surface area contributed by atoms with Crippen LogP contribution in [0.4, 0.5) is 0 Å². The predicted molar refractivity (Wildman–Crippen MR) is 86.2 cm³/mol. The van der Waals surface area contributed by atoms with Crippen molar-refractivity contribution >= 4 is 11.6 Å². The van der Waals surface area contributed by atoms with Crippen LogP contribution in [0.3, 0.4) is 0 Å². The third-order valence-electron chi connectivity index (χ3n) is 5.25. The molecule has 0 radical (unpaired) electrons. The van der Waals surface area contributed by atoms with Gasteiger partial charge in [-0.15, -0.1) is 11.6 Å². The van der Waals surface area contributed by atoms with Crippen LogP contribution in [-0.4, -0.2) is 15.7 Å². The van der Waals surface area contributed by atoms with E-state index in [2.05, 4.69) is 18.1 Å². The van der Waals surface area contributed by atoms with Gasteiger partial charge in [-0.25, -0.2) is 0 Å². The molecule has 114 valence electrons. The molecule has 0 spiro atoms. The number of unbranched alkanes of at least 4 members (excludes halogenated alkanes) is 1. The van der Waals surface area contributed by atoms with Gasteiger partial charge in [0, 0.05) is 24.8 Å². The van der Waals surface area contributed by atoms with Gasteiger partial charge < -0.3 is 0 Å². The highest BCUT2D eigenvalue weighted by molar-refractivity contribution is 6.18. The van der Waals surface area contributed by atoms with Gasteiger partial charge in [0.15, 0.2) is 0 Å². The third-order valence-corrected chi connectivity index (χ3v) is 5.82. The smallest absolute Gasteiger partial charge is 0.0492 e. The van der Waals surface area contributed by atoms with Gasteiger partial charge >= 0.3 is 0 Å². The second-order valence-corrected chi connectivity index (χ2v) is 6.93. The van der Waals surface area contributed by atoms with Gasteiger partial charge in [0.25, 0.3) is 0 Å². The van der Waals surface area contributed by atoms with E-state index in [9.17, 15) is 0 Å². The summed E-state index contributed by atoms with van der Waals surface area (Å²) in [5, 5.41) is 4.26. The molecule has 1 aliphatic carbocycles. The summed E-state index contributed by atoms with van der Waals surface area (Å²) in [5.74, 6) is 1.79. The molecule has 1 aliphatic rings. The Morgan fingerprint density at radius 1 is 1.40 bits per heavy atom. The molecule has 20 heavy (non-hydrogen) atoms. The van der Waals surface area contributed by atoms with E-state index in [-0.39, 0.29) is 0 Å². The monoisotopic (exact) mass is 296 g/mol. The lowest BCUT2D eigenvalue weighted by Gasteiger charge is -2.39. The Hall–Kier alpha value is -0.500. The van der Waals surface area contributed by atoms with Gasteiger partial charge in [-0.05, 0) is 55.9 Å². The SMILES string of the molecule is CCCCC1CCC(CCl)(CCc2ccnn2C)CC1. The second kappa shape index (κ2) is 7.49. The second-order valence-electron chi connectivity index (χ2n) is 6.67. The van der Waals surface area contributed by atoms with Crippen molar-refractivity contribution in [2.75, 3.05) is 5.88 Å². The van der Waals surface area contributed by atoms with Crippen molar-refractivity contribution in [2.45, 2.75) is 64.7 Å². The van der Waals surface area contributed by atoms with Crippen molar-refractivity contribution in [3.8, 4) is 0 Å². The number of halogens is 1. The van der Waals surface area contributed by atoms with Crippen molar-refractivity contribution in [3.63, 3.8) is 0 Å². The van der Waals surface area contributed by atoms with Crippen molar-refractivity contribution < 1.29 is 0 Å². The first-order chi connectivity index (χ1) is 9.69. The number of alkyl halides is 1. The van der Waals surface area contributed by atoms with Crippen LogP contribution in [0.5, 0.6) is 0 Å². The minimum atomic E-state index is 0.383. The highest BCUT2D eigenvalue weighted by Gasteiger charge is 2.34. The van der Waals surface area contributed by atoms with Crippen LogP contribution in [0, 0.1) is 11.3 Å². The van der Waals surface area contributed by atoms with Crippen molar-refractivity contribution in [1.29, 1.82) is 0 Å². The van der Waals surface area contributed by atoms with E-state index in [1.165, 1.54) is 57.1 Å². The van der Waals surface area contributed by atoms with E-state index in [4.69, 9.17) is 11.6 Å². The summed E-state index contributed by atoms with van der Waals surface area (Å²) in [6.45, 7) is 2.29. The Bertz CT molecular complexity index is 391. The minimum absolute atomic E-state index is 0.383. The molecular formula is C17H29ClN2. The number of rotatable bonds is 7. The van der Waals surface area contributed by atoms with Gasteiger partial charge in [-0.1, -0.05) is 26.2 Å². The number of aryl methyl sites for hydroxylation is 2. The first kappa shape index (κ1) is 15.9. The molecule has 1 heterocycles. The fraction of sp³-hybridized carbons (Fsp3) is 0.824. The molecule has 1 aromatic heterocycles. The first-order valence-corrected chi connectivity index (χ1v) is 8.75. The quantitative estimate of drug-likeness (QED) is 0.650. The van der Waals surface area contributed by atoms with Crippen LogP contribution in [0.2, 0.25) is 0 Å². The summed E-state index contributed by atoms with van der Waals surface area (Å²) in [7, 11) is 2.03. The maximum absolute atomic E-state index is 6.35. The van der Waals surface area contributed by atoms with Crippen LogP contribution in [-0.2, 0) is 13.5 Å². The van der Waals surface area contributed by atoms with E-state index < -0.39 is 0 Å². The van der Waals surface area contributed by atoms with E-state index in [1.54, 1.807) is 0 Å². The highest BCUT2D eigenvalue weighted by atomic mass is 35.5. The molecule has 0 bridgehead atoms. The molecule has 0 aliphatic heterocycles. The predicted octanol–water partition coefficient (Wildman–Crippen LogP) is 4.96. The van der Waals surface area contributed by atoms with E-state index in [0.717, 1.165) is 18.2 Å². The number of nitrogens with zero attached hydrogens (tertiary/aromatic N) is 2. The fourth-order valence-corrected chi connectivity index (χ4v) is 3.96. The van der Waals surface area contributed by atoms with Gasteiger partial charge in [-0.2, -0.15) is 5.10 Å². The van der Waals surface area contributed by atoms with Crippen LogP contribution >= 0.6 is 11.6 Å². The molecule has 1 saturated carbocycles. The third kappa shape index (κ3) is 4.00. The molecular weight excluding hydrogens is 268 g/mol. The molecule has 0 aromatic carbocycles. The van der Waals surface area contributed by atoms with Crippen molar-refractivity contribution in [1.82, 2.24) is 9.78 Å². The topological polar surface area (TPSA) is 17.8 Å². The molecule has 0 atom stereocenters. The van der Waals surface area contributed by atoms with Gasteiger partial charge in [0.1, 0.15) is 0 Å². The Morgan fingerprint density at radius 3 is 2.70 bits per heavy atom. The first-order valence-electron chi connectivity index (χ1n) is 8.22. The molecule has 0 saturated heterocycles. The highest BCUT2D eigenvalue weighted by Crippen LogP contribution is 2.44. The summed E-state index contributed by atoms with van der Waals surface area (Å²) in [5.41, 5.74) is 1.72. The lowest BCUT2D eigenvalue weighted by Crippen LogP contribution is -2.30. The fourth-order valence-electron chi connectivity index (χ4n) is 3.56. The van der Waals surface area contributed by atoms with Gasteiger partial charge in [0.05, 0.1) is 0 Å². The molecule has 2 nitrogen and oxygen atoms in total. The number of hydrogen-bond donors (Lipinski definition) is 0. The summed E-state index contributed by atoms with van der Waals surface area (Å²) in [6.07, 6.45) is 13.8. The Labute approximate surface area is 128 Å². The zero-order valence-corrected chi connectivity index (χ0v) is 13.8. The van der Waals surface area contributed by atoms with E-state index in [1.807, 2.05) is 17.9 Å². The molecule has 3 heteroatoms. The average molecular weight is 297 g/mol. The van der Waals surface area contributed by atoms with Crippen molar-refractivity contribution in [2.24, 2.45) is 18.4 Å². The molecule has 0 N–H and O–H groups in total.